The summed E-state index contributed by atoms with van der Waals surface area (Å²) in [6.07, 6.45) is -1.18. The molecule has 1 N–H and O–H groups in total. The third-order valence-electron chi connectivity index (χ3n) is 3.03. The standard InChI is InChI=1S/C14H15ClF2N2O/c1-2-7-19-12(11(15)8-18-19)13(20)9-3-5-10(6-4-9)14(16)17/h3-6,8,13-14,20H,2,7H2,1H3. The topological polar surface area (TPSA) is 38.0 Å². The Hall–Kier alpha value is -1.46. The Morgan fingerprint density at radius 1 is 1.25 bits per heavy atom. The molecule has 2 rings (SSSR count). The van der Waals surface area contributed by atoms with Crippen LogP contribution in [0.2, 0.25) is 5.02 Å². The fraction of sp³-hybridized carbons (Fsp3) is 0.357. The largest absolute Gasteiger partial charge is 0.382 e. The maximum absolute atomic E-state index is 12.5. The summed E-state index contributed by atoms with van der Waals surface area (Å²) in [5, 5.41) is 14.8. The summed E-state index contributed by atoms with van der Waals surface area (Å²) < 4.78 is 26.6. The zero-order valence-corrected chi connectivity index (χ0v) is 11.7. The van der Waals surface area contributed by atoms with Gasteiger partial charge in [-0.15, -0.1) is 0 Å². The second kappa shape index (κ2) is 6.33. The van der Waals surface area contributed by atoms with Crippen molar-refractivity contribution in [1.82, 2.24) is 9.78 Å². The van der Waals surface area contributed by atoms with Gasteiger partial charge in [0.05, 0.1) is 16.9 Å². The second-order valence-corrected chi connectivity index (χ2v) is 4.88. The highest BCUT2D eigenvalue weighted by Gasteiger charge is 2.20. The first-order chi connectivity index (χ1) is 9.54. The van der Waals surface area contributed by atoms with E-state index in [1.54, 1.807) is 4.68 Å². The van der Waals surface area contributed by atoms with E-state index < -0.39 is 12.5 Å². The molecule has 1 atom stereocenters. The Labute approximate surface area is 120 Å². The van der Waals surface area contributed by atoms with Crippen molar-refractivity contribution in [2.75, 3.05) is 0 Å². The van der Waals surface area contributed by atoms with Crippen LogP contribution in [0.15, 0.2) is 30.5 Å². The van der Waals surface area contributed by atoms with Crippen LogP contribution in [0.25, 0.3) is 0 Å². The van der Waals surface area contributed by atoms with Gasteiger partial charge in [-0.3, -0.25) is 4.68 Å². The molecule has 1 unspecified atom stereocenters. The van der Waals surface area contributed by atoms with Crippen LogP contribution in [0, 0.1) is 0 Å². The molecule has 2 aromatic rings. The minimum atomic E-state index is -2.52. The van der Waals surface area contributed by atoms with Gasteiger partial charge in [0.1, 0.15) is 6.10 Å². The van der Waals surface area contributed by atoms with E-state index in [0.717, 1.165) is 6.42 Å². The summed E-state index contributed by atoms with van der Waals surface area (Å²) in [6.45, 7) is 2.62. The summed E-state index contributed by atoms with van der Waals surface area (Å²) in [5.74, 6) is 0. The Morgan fingerprint density at radius 3 is 2.40 bits per heavy atom. The van der Waals surface area contributed by atoms with Crippen LogP contribution in [-0.4, -0.2) is 14.9 Å². The van der Waals surface area contributed by atoms with Gasteiger partial charge in [0.15, 0.2) is 0 Å². The fourth-order valence-corrected chi connectivity index (χ4v) is 2.26. The lowest BCUT2D eigenvalue weighted by atomic mass is 10.0. The Bertz CT molecular complexity index is 569. The van der Waals surface area contributed by atoms with Crippen LogP contribution in [0.1, 0.15) is 42.7 Å². The monoisotopic (exact) mass is 300 g/mol. The summed E-state index contributed by atoms with van der Waals surface area (Å²) in [7, 11) is 0. The predicted octanol–water partition coefficient (Wildman–Crippen LogP) is 3.97. The number of halogens is 3. The first-order valence-electron chi connectivity index (χ1n) is 6.31. The van der Waals surface area contributed by atoms with Crippen molar-refractivity contribution in [3.63, 3.8) is 0 Å². The van der Waals surface area contributed by atoms with Gasteiger partial charge in [-0.2, -0.15) is 5.10 Å². The minimum Gasteiger partial charge on any atom is -0.382 e. The molecule has 0 aliphatic carbocycles. The third-order valence-corrected chi connectivity index (χ3v) is 3.32. The number of nitrogens with zero attached hydrogens (tertiary/aromatic N) is 2. The van der Waals surface area contributed by atoms with E-state index in [1.165, 1.54) is 30.5 Å². The van der Waals surface area contributed by atoms with Gasteiger partial charge in [0, 0.05) is 12.1 Å². The molecule has 1 aromatic heterocycles. The summed E-state index contributed by atoms with van der Waals surface area (Å²) in [5.41, 5.74) is 0.918. The van der Waals surface area contributed by atoms with E-state index in [0.29, 0.717) is 22.8 Å². The van der Waals surface area contributed by atoms with Gasteiger partial charge >= 0.3 is 0 Å². The van der Waals surface area contributed by atoms with Crippen LogP contribution in [0.5, 0.6) is 0 Å². The minimum absolute atomic E-state index is 0.0749. The highest BCUT2D eigenvalue weighted by molar-refractivity contribution is 6.31. The van der Waals surface area contributed by atoms with Crippen molar-refractivity contribution in [1.29, 1.82) is 0 Å². The van der Waals surface area contributed by atoms with E-state index in [9.17, 15) is 13.9 Å². The maximum atomic E-state index is 12.5. The number of hydrogen-bond donors (Lipinski definition) is 1. The third kappa shape index (κ3) is 2.99. The van der Waals surface area contributed by atoms with Crippen molar-refractivity contribution in [3.8, 4) is 0 Å². The number of aromatic nitrogens is 2. The van der Waals surface area contributed by atoms with Gasteiger partial charge in [-0.05, 0) is 12.0 Å². The first-order valence-corrected chi connectivity index (χ1v) is 6.69. The number of rotatable bonds is 5. The summed E-state index contributed by atoms with van der Waals surface area (Å²) in [4.78, 5) is 0. The van der Waals surface area contributed by atoms with Crippen LogP contribution in [0.3, 0.4) is 0 Å². The van der Waals surface area contributed by atoms with E-state index in [4.69, 9.17) is 11.6 Å². The molecule has 0 saturated carbocycles. The van der Waals surface area contributed by atoms with Gasteiger partial charge in [0.25, 0.3) is 6.43 Å². The highest BCUT2D eigenvalue weighted by Crippen LogP contribution is 2.29. The van der Waals surface area contributed by atoms with Gasteiger partial charge < -0.3 is 5.11 Å². The zero-order chi connectivity index (χ0) is 14.7. The van der Waals surface area contributed by atoms with Crippen LogP contribution in [0.4, 0.5) is 8.78 Å². The Balaban J connectivity index is 2.31. The molecule has 0 saturated heterocycles. The summed E-state index contributed by atoms with van der Waals surface area (Å²) in [6, 6.07) is 5.56. The normalized spacial score (nSPS) is 12.9. The smallest absolute Gasteiger partial charge is 0.263 e. The number of alkyl halides is 2. The molecule has 1 heterocycles. The molecule has 0 fully saturated rings. The Morgan fingerprint density at radius 2 is 1.85 bits per heavy atom. The van der Waals surface area contributed by atoms with Crippen LogP contribution >= 0.6 is 11.6 Å². The molecule has 0 aliphatic rings. The number of aryl methyl sites for hydroxylation is 1. The number of hydrogen-bond acceptors (Lipinski definition) is 2. The summed E-state index contributed by atoms with van der Waals surface area (Å²) >= 11 is 6.04. The Kier molecular flexibility index (Phi) is 4.73. The molecule has 108 valence electrons. The molecular weight excluding hydrogens is 286 g/mol. The van der Waals surface area contributed by atoms with E-state index in [1.807, 2.05) is 6.92 Å². The van der Waals surface area contributed by atoms with E-state index in [-0.39, 0.29) is 5.56 Å². The maximum Gasteiger partial charge on any atom is 0.263 e. The molecule has 0 amide bonds. The molecule has 20 heavy (non-hydrogen) atoms. The van der Waals surface area contributed by atoms with Gasteiger partial charge in [-0.25, -0.2) is 8.78 Å². The molecule has 0 bridgehead atoms. The predicted molar refractivity (Wildman–Crippen MR) is 73.0 cm³/mol. The molecular formula is C14H15ClF2N2O. The van der Waals surface area contributed by atoms with Gasteiger partial charge in [-0.1, -0.05) is 42.8 Å². The lowest BCUT2D eigenvalue weighted by molar-refractivity contribution is 0.151. The van der Waals surface area contributed by atoms with Crippen molar-refractivity contribution >= 4 is 11.6 Å². The van der Waals surface area contributed by atoms with Crippen molar-refractivity contribution in [3.05, 3.63) is 52.3 Å². The SMILES string of the molecule is CCCn1ncc(Cl)c1C(O)c1ccc(C(F)F)cc1. The number of aliphatic hydroxyl groups is 1. The average Bonchev–Trinajstić information content (AvgIpc) is 2.79. The number of benzene rings is 1. The quantitative estimate of drug-likeness (QED) is 0.907. The van der Waals surface area contributed by atoms with Crippen LogP contribution < -0.4 is 0 Å². The van der Waals surface area contributed by atoms with E-state index >= 15 is 0 Å². The highest BCUT2D eigenvalue weighted by atomic mass is 35.5. The van der Waals surface area contributed by atoms with Crippen molar-refractivity contribution < 1.29 is 13.9 Å². The van der Waals surface area contributed by atoms with E-state index in [2.05, 4.69) is 5.10 Å². The lowest BCUT2D eigenvalue weighted by Gasteiger charge is -2.14. The van der Waals surface area contributed by atoms with Crippen molar-refractivity contribution in [2.45, 2.75) is 32.4 Å². The fourth-order valence-electron chi connectivity index (χ4n) is 2.02. The molecule has 0 radical (unpaired) electrons. The van der Waals surface area contributed by atoms with Gasteiger partial charge in [0.2, 0.25) is 0 Å². The molecule has 1 aromatic carbocycles. The molecule has 3 nitrogen and oxygen atoms in total. The zero-order valence-electron chi connectivity index (χ0n) is 10.9. The number of aliphatic hydroxyl groups excluding tert-OH is 1. The lowest BCUT2D eigenvalue weighted by Crippen LogP contribution is -2.10. The molecule has 0 spiro atoms. The van der Waals surface area contributed by atoms with Crippen LogP contribution in [-0.2, 0) is 6.54 Å². The first kappa shape index (κ1) is 14.9. The molecule has 6 heteroatoms. The second-order valence-electron chi connectivity index (χ2n) is 4.47. The van der Waals surface area contributed by atoms with Crippen molar-refractivity contribution in [2.24, 2.45) is 0 Å². The molecule has 0 aliphatic heterocycles. The average molecular weight is 301 g/mol.